The van der Waals surface area contributed by atoms with Crippen molar-refractivity contribution in [3.8, 4) is 5.75 Å². The van der Waals surface area contributed by atoms with E-state index >= 15 is 0 Å². The minimum atomic E-state index is -0.135. The third-order valence-electron chi connectivity index (χ3n) is 7.23. The first-order valence-electron chi connectivity index (χ1n) is 9.40. The van der Waals surface area contributed by atoms with Crippen LogP contribution >= 0.6 is 0 Å². The summed E-state index contributed by atoms with van der Waals surface area (Å²) in [5.74, 6) is 2.23. The van der Waals surface area contributed by atoms with Gasteiger partial charge in [0.05, 0.1) is 0 Å². The Labute approximate surface area is 144 Å². The molecule has 0 spiro atoms. The molecule has 3 aliphatic carbocycles. The van der Waals surface area contributed by atoms with Crippen molar-refractivity contribution < 1.29 is 14.6 Å². The Balaban J connectivity index is 1.67. The summed E-state index contributed by atoms with van der Waals surface area (Å²) >= 11 is 0. The molecule has 1 aromatic carbocycles. The number of benzene rings is 1. The Kier molecular flexibility index (Phi) is 3.67. The minimum absolute atomic E-state index is 0.100. The lowest BCUT2D eigenvalue weighted by atomic mass is 9.55. The molecule has 0 saturated heterocycles. The zero-order valence-corrected chi connectivity index (χ0v) is 15.0. The molecule has 24 heavy (non-hydrogen) atoms. The molecule has 1 N–H and O–H groups in total. The normalized spacial score (nSPS) is 37.3. The van der Waals surface area contributed by atoms with Crippen molar-refractivity contribution >= 4 is 5.97 Å². The third kappa shape index (κ3) is 2.28. The van der Waals surface area contributed by atoms with Crippen LogP contribution in [0.1, 0.15) is 68.6 Å². The fourth-order valence-corrected chi connectivity index (χ4v) is 6.30. The lowest BCUT2D eigenvalue weighted by molar-refractivity contribution is -0.154. The van der Waals surface area contributed by atoms with Crippen LogP contribution < -0.4 is 0 Å². The van der Waals surface area contributed by atoms with Gasteiger partial charge in [-0.1, -0.05) is 6.92 Å². The van der Waals surface area contributed by atoms with Crippen molar-refractivity contribution in [1.82, 2.24) is 0 Å². The molecule has 0 heterocycles. The molecule has 0 aliphatic heterocycles. The maximum atomic E-state index is 11.5. The second kappa shape index (κ2) is 5.50. The predicted molar refractivity (Wildman–Crippen MR) is 93.0 cm³/mol. The summed E-state index contributed by atoms with van der Waals surface area (Å²) < 4.78 is 5.70. The topological polar surface area (TPSA) is 46.5 Å². The molecule has 130 valence electrons. The van der Waals surface area contributed by atoms with Crippen molar-refractivity contribution in [1.29, 1.82) is 0 Å². The van der Waals surface area contributed by atoms with Crippen molar-refractivity contribution in [3.05, 3.63) is 28.8 Å². The molecule has 0 aromatic heterocycles. The van der Waals surface area contributed by atoms with E-state index in [1.54, 1.807) is 0 Å². The highest BCUT2D eigenvalue weighted by Gasteiger charge is 2.56. The number of esters is 1. The monoisotopic (exact) mass is 328 g/mol. The number of ether oxygens (including phenoxy) is 1. The fraction of sp³-hybridized carbons (Fsp3) is 0.667. The zero-order chi connectivity index (χ0) is 17.1. The van der Waals surface area contributed by atoms with Gasteiger partial charge < -0.3 is 9.84 Å². The Morgan fingerprint density at radius 2 is 2.04 bits per heavy atom. The van der Waals surface area contributed by atoms with Crippen LogP contribution in [0, 0.1) is 24.2 Å². The van der Waals surface area contributed by atoms with Gasteiger partial charge in [-0.3, -0.25) is 4.79 Å². The highest BCUT2D eigenvalue weighted by Crippen LogP contribution is 2.62. The van der Waals surface area contributed by atoms with Crippen LogP contribution in [0.3, 0.4) is 0 Å². The van der Waals surface area contributed by atoms with Crippen molar-refractivity contribution in [2.45, 2.75) is 71.3 Å². The summed E-state index contributed by atoms with van der Waals surface area (Å²) in [6, 6.07) is 3.90. The Hall–Kier alpha value is -1.51. The van der Waals surface area contributed by atoms with Gasteiger partial charge in [0.1, 0.15) is 11.9 Å². The second-order valence-corrected chi connectivity index (χ2v) is 8.47. The number of hydrogen-bond acceptors (Lipinski definition) is 3. The van der Waals surface area contributed by atoms with Gasteiger partial charge in [-0.2, -0.15) is 0 Å². The average Bonchev–Trinajstić information content (AvgIpc) is 2.83. The van der Waals surface area contributed by atoms with E-state index in [1.807, 2.05) is 12.1 Å². The van der Waals surface area contributed by atoms with E-state index in [0.717, 1.165) is 19.3 Å². The van der Waals surface area contributed by atoms with Crippen LogP contribution in [0.25, 0.3) is 0 Å². The first-order chi connectivity index (χ1) is 11.4. The summed E-state index contributed by atoms with van der Waals surface area (Å²) in [5, 5.41) is 9.93. The van der Waals surface area contributed by atoms with Gasteiger partial charge >= 0.3 is 5.97 Å². The van der Waals surface area contributed by atoms with Gasteiger partial charge in [0.15, 0.2) is 0 Å². The van der Waals surface area contributed by atoms with Crippen LogP contribution in [0.15, 0.2) is 12.1 Å². The SMILES string of the molecule is CC(=O)O[C@H]1CC[C@H]2[C@@H]3CCc4cc(O)cc(C)c4[C@H]3CC[C@]12C. The van der Waals surface area contributed by atoms with Gasteiger partial charge in [-0.25, -0.2) is 0 Å². The summed E-state index contributed by atoms with van der Waals surface area (Å²) in [6.07, 6.45) is 6.88. The smallest absolute Gasteiger partial charge is 0.302 e. The molecule has 5 atom stereocenters. The van der Waals surface area contributed by atoms with E-state index in [0.29, 0.717) is 23.5 Å². The Morgan fingerprint density at radius 1 is 1.25 bits per heavy atom. The van der Waals surface area contributed by atoms with Crippen LogP contribution in [0.4, 0.5) is 0 Å². The Morgan fingerprint density at radius 3 is 2.79 bits per heavy atom. The van der Waals surface area contributed by atoms with Crippen molar-refractivity contribution in [2.24, 2.45) is 17.3 Å². The number of phenols is 1. The Bertz CT molecular complexity index is 680. The van der Waals surface area contributed by atoms with Crippen LogP contribution in [0.2, 0.25) is 0 Å². The predicted octanol–water partition coefficient (Wildman–Crippen LogP) is 4.49. The van der Waals surface area contributed by atoms with Crippen LogP contribution in [-0.2, 0) is 16.0 Å². The highest BCUT2D eigenvalue weighted by atomic mass is 16.5. The number of phenolic OH excluding ortho intramolecular Hbond substituents is 1. The van der Waals surface area contributed by atoms with E-state index < -0.39 is 0 Å². The number of hydrogen-bond donors (Lipinski definition) is 1. The molecule has 3 nitrogen and oxygen atoms in total. The zero-order valence-electron chi connectivity index (χ0n) is 15.0. The molecule has 0 radical (unpaired) electrons. The summed E-state index contributed by atoms with van der Waals surface area (Å²) in [5.41, 5.74) is 4.25. The number of aryl methyl sites for hydroxylation is 2. The van der Waals surface area contributed by atoms with E-state index in [1.165, 1.54) is 42.9 Å². The van der Waals surface area contributed by atoms with Crippen LogP contribution in [-0.4, -0.2) is 17.2 Å². The molecule has 1 aromatic rings. The molecule has 2 saturated carbocycles. The standard InChI is InChI=1S/C21H28O3/c1-12-10-15(23)11-14-4-5-16-17(20(12)14)8-9-21(3)18(16)6-7-19(21)24-13(2)22/h10-11,16-19,23H,4-9H2,1-3H3/t16-,17+,18+,19+,21+/m1/s1. The molecular weight excluding hydrogens is 300 g/mol. The van der Waals surface area contributed by atoms with Gasteiger partial charge in [-0.05, 0) is 92.0 Å². The quantitative estimate of drug-likeness (QED) is 0.773. The first kappa shape index (κ1) is 16.0. The van der Waals surface area contributed by atoms with E-state index in [4.69, 9.17) is 4.74 Å². The largest absolute Gasteiger partial charge is 0.508 e. The molecule has 3 aliphatic rings. The molecule has 2 fully saturated rings. The maximum Gasteiger partial charge on any atom is 0.302 e. The number of carbonyl (C=O) groups is 1. The average molecular weight is 328 g/mol. The van der Waals surface area contributed by atoms with Gasteiger partial charge in [-0.15, -0.1) is 0 Å². The second-order valence-electron chi connectivity index (χ2n) is 8.47. The minimum Gasteiger partial charge on any atom is -0.508 e. The van der Waals surface area contributed by atoms with Gasteiger partial charge in [0.2, 0.25) is 0 Å². The van der Waals surface area contributed by atoms with Gasteiger partial charge in [0.25, 0.3) is 0 Å². The molecule has 0 unspecified atom stereocenters. The summed E-state index contributed by atoms with van der Waals surface area (Å²) in [7, 11) is 0. The number of aromatic hydroxyl groups is 1. The number of carbonyl (C=O) groups excluding carboxylic acids is 1. The van der Waals surface area contributed by atoms with E-state index in [2.05, 4.69) is 13.8 Å². The number of fused-ring (bicyclic) bond motifs is 5. The van der Waals surface area contributed by atoms with Crippen molar-refractivity contribution in [2.75, 3.05) is 0 Å². The summed E-state index contributed by atoms with van der Waals surface area (Å²) in [6.45, 7) is 6.04. The van der Waals surface area contributed by atoms with E-state index in [9.17, 15) is 9.90 Å². The molecule has 4 rings (SSSR count). The molecular formula is C21H28O3. The van der Waals surface area contributed by atoms with Crippen molar-refractivity contribution in [3.63, 3.8) is 0 Å². The van der Waals surface area contributed by atoms with Gasteiger partial charge in [0, 0.05) is 12.3 Å². The van der Waals surface area contributed by atoms with Crippen LogP contribution in [0.5, 0.6) is 5.75 Å². The third-order valence-corrected chi connectivity index (χ3v) is 7.23. The molecule has 3 heteroatoms. The molecule has 0 amide bonds. The summed E-state index contributed by atoms with van der Waals surface area (Å²) in [4.78, 5) is 11.5. The highest BCUT2D eigenvalue weighted by molar-refractivity contribution is 5.66. The van der Waals surface area contributed by atoms with E-state index in [-0.39, 0.29) is 17.5 Å². The number of rotatable bonds is 1. The maximum absolute atomic E-state index is 11.5. The lowest BCUT2D eigenvalue weighted by Gasteiger charge is -2.50. The molecule has 0 bridgehead atoms. The first-order valence-corrected chi connectivity index (χ1v) is 9.40. The fourth-order valence-electron chi connectivity index (χ4n) is 6.30. The lowest BCUT2D eigenvalue weighted by Crippen LogP contribution is -2.45.